The zero-order valence-corrected chi connectivity index (χ0v) is 14.7. The van der Waals surface area contributed by atoms with Crippen molar-refractivity contribution in [1.29, 1.82) is 0 Å². The lowest BCUT2D eigenvalue weighted by Gasteiger charge is -2.13. The van der Waals surface area contributed by atoms with Gasteiger partial charge < -0.3 is 14.5 Å². The number of halogens is 2. The molecule has 0 saturated carbocycles. The molecule has 0 bridgehead atoms. The van der Waals surface area contributed by atoms with Gasteiger partial charge in [0.05, 0.1) is 0 Å². The number of furan rings is 1. The van der Waals surface area contributed by atoms with Crippen LogP contribution in [0, 0.1) is 18.6 Å². The van der Waals surface area contributed by atoms with E-state index in [1.807, 2.05) is 0 Å². The topological polar surface area (TPSA) is 68.5 Å². The van der Waals surface area contributed by atoms with Crippen molar-refractivity contribution in [1.82, 2.24) is 5.32 Å². The lowest BCUT2D eigenvalue weighted by Crippen LogP contribution is -2.35. The van der Waals surface area contributed by atoms with E-state index >= 15 is 0 Å². The molecule has 1 heterocycles. The Bertz CT molecular complexity index is 995. The molecule has 140 valence electrons. The van der Waals surface area contributed by atoms with E-state index in [1.54, 1.807) is 19.1 Å². The number of rotatable bonds is 5. The average Bonchev–Trinajstić information content (AvgIpc) is 2.97. The predicted octanol–water partition coefficient (Wildman–Crippen LogP) is 3.88. The predicted molar refractivity (Wildman–Crippen MR) is 94.0 cm³/mol. The minimum absolute atomic E-state index is 0.0752. The van der Waals surface area contributed by atoms with E-state index < -0.39 is 23.8 Å². The van der Waals surface area contributed by atoms with E-state index in [-0.39, 0.29) is 18.1 Å². The van der Waals surface area contributed by atoms with Crippen LogP contribution in [0.5, 0.6) is 0 Å². The number of hydrogen-bond acceptors (Lipinski definition) is 4. The van der Waals surface area contributed by atoms with E-state index in [0.717, 1.165) is 0 Å². The minimum atomic E-state index is -1.07. The molecule has 0 radical (unpaired) electrons. The highest BCUT2D eigenvalue weighted by Gasteiger charge is 2.24. The maximum absolute atomic E-state index is 13.4. The molecule has 7 heteroatoms. The molecule has 0 spiro atoms. The van der Waals surface area contributed by atoms with E-state index in [1.165, 1.54) is 37.3 Å². The Morgan fingerprint density at radius 1 is 1.11 bits per heavy atom. The molecule has 1 amide bonds. The minimum Gasteiger partial charge on any atom is -0.449 e. The van der Waals surface area contributed by atoms with Gasteiger partial charge in [-0.25, -0.2) is 13.6 Å². The van der Waals surface area contributed by atoms with Crippen molar-refractivity contribution < 1.29 is 27.5 Å². The normalized spacial score (nSPS) is 12.0. The largest absolute Gasteiger partial charge is 0.449 e. The summed E-state index contributed by atoms with van der Waals surface area (Å²) in [6.45, 7) is 3.21. The first kappa shape index (κ1) is 18.6. The number of fused-ring (bicyclic) bond motifs is 1. The van der Waals surface area contributed by atoms with Crippen molar-refractivity contribution in [3.05, 3.63) is 71.0 Å². The number of hydrogen-bond donors (Lipinski definition) is 1. The van der Waals surface area contributed by atoms with Gasteiger partial charge in [-0.2, -0.15) is 0 Å². The smallest absolute Gasteiger partial charge is 0.375 e. The SMILES string of the molecule is Cc1c(C(=O)O[C@@H](C)C(=O)NCc2ccc(F)cc2)oc2ccc(F)cc12. The third-order valence-electron chi connectivity index (χ3n) is 4.12. The Morgan fingerprint density at radius 3 is 2.48 bits per heavy atom. The molecular formula is C20H17F2NO4. The second kappa shape index (κ2) is 7.57. The van der Waals surface area contributed by atoms with Crippen LogP contribution in [0.4, 0.5) is 8.78 Å². The van der Waals surface area contributed by atoms with Crippen molar-refractivity contribution in [2.45, 2.75) is 26.5 Å². The van der Waals surface area contributed by atoms with Crippen molar-refractivity contribution in [2.75, 3.05) is 0 Å². The highest BCUT2D eigenvalue weighted by molar-refractivity contribution is 5.97. The fourth-order valence-electron chi connectivity index (χ4n) is 2.59. The summed E-state index contributed by atoms with van der Waals surface area (Å²) in [6, 6.07) is 9.59. The van der Waals surface area contributed by atoms with E-state index in [2.05, 4.69) is 5.32 Å². The number of ether oxygens (including phenoxy) is 1. The summed E-state index contributed by atoms with van der Waals surface area (Å²) in [5.74, 6) is -2.21. The summed E-state index contributed by atoms with van der Waals surface area (Å²) in [4.78, 5) is 24.4. The van der Waals surface area contributed by atoms with Crippen LogP contribution in [0.1, 0.15) is 28.6 Å². The second-order valence-corrected chi connectivity index (χ2v) is 6.09. The third kappa shape index (κ3) is 4.13. The molecule has 2 aromatic carbocycles. The molecule has 1 aromatic heterocycles. The van der Waals surface area contributed by atoms with Gasteiger partial charge in [0.2, 0.25) is 5.76 Å². The van der Waals surface area contributed by atoms with Gasteiger partial charge in [-0.15, -0.1) is 0 Å². The molecule has 0 aliphatic carbocycles. The van der Waals surface area contributed by atoms with Crippen molar-refractivity contribution in [2.24, 2.45) is 0 Å². The zero-order valence-electron chi connectivity index (χ0n) is 14.7. The maximum atomic E-state index is 13.4. The third-order valence-corrected chi connectivity index (χ3v) is 4.12. The fourth-order valence-corrected chi connectivity index (χ4v) is 2.59. The lowest BCUT2D eigenvalue weighted by atomic mass is 10.1. The molecule has 1 N–H and O–H groups in total. The van der Waals surface area contributed by atoms with Crippen LogP contribution < -0.4 is 5.32 Å². The molecule has 3 rings (SSSR count). The van der Waals surface area contributed by atoms with Crippen molar-refractivity contribution >= 4 is 22.8 Å². The molecular weight excluding hydrogens is 356 g/mol. The molecule has 0 aliphatic rings. The summed E-state index contributed by atoms with van der Waals surface area (Å²) < 4.78 is 36.8. The molecule has 0 saturated heterocycles. The summed E-state index contributed by atoms with van der Waals surface area (Å²) >= 11 is 0. The number of carbonyl (C=O) groups is 2. The Hall–Kier alpha value is -3.22. The van der Waals surface area contributed by atoms with E-state index in [9.17, 15) is 18.4 Å². The van der Waals surface area contributed by atoms with Crippen LogP contribution in [-0.2, 0) is 16.1 Å². The average molecular weight is 373 g/mol. The van der Waals surface area contributed by atoms with Crippen molar-refractivity contribution in [3.8, 4) is 0 Å². The Labute approximate surface area is 153 Å². The van der Waals surface area contributed by atoms with Crippen molar-refractivity contribution in [3.63, 3.8) is 0 Å². The van der Waals surface area contributed by atoms with Crippen LogP contribution in [0.25, 0.3) is 11.0 Å². The number of benzene rings is 2. The molecule has 5 nitrogen and oxygen atoms in total. The van der Waals surface area contributed by atoms with Crippen LogP contribution in [-0.4, -0.2) is 18.0 Å². The van der Waals surface area contributed by atoms with Gasteiger partial charge in [-0.3, -0.25) is 4.79 Å². The summed E-state index contributed by atoms with van der Waals surface area (Å²) in [7, 11) is 0. The highest BCUT2D eigenvalue weighted by atomic mass is 19.1. The van der Waals surface area contributed by atoms with Gasteiger partial charge in [0, 0.05) is 17.5 Å². The quantitative estimate of drug-likeness (QED) is 0.689. The molecule has 0 aliphatic heterocycles. The standard InChI is InChI=1S/C20H17F2NO4/c1-11-16-9-15(22)7-8-17(16)27-18(11)20(25)26-12(2)19(24)23-10-13-3-5-14(21)6-4-13/h3-9,12H,10H2,1-2H3,(H,23,24)/t12-/m0/s1. The molecule has 1 atom stereocenters. The van der Waals surface area contributed by atoms with Crippen LogP contribution in [0.2, 0.25) is 0 Å². The molecule has 27 heavy (non-hydrogen) atoms. The number of carbonyl (C=O) groups excluding carboxylic acids is 2. The van der Waals surface area contributed by atoms with Gasteiger partial charge in [0.15, 0.2) is 6.10 Å². The van der Waals surface area contributed by atoms with E-state index in [4.69, 9.17) is 9.15 Å². The first-order valence-corrected chi connectivity index (χ1v) is 8.27. The van der Waals surface area contributed by atoms with Gasteiger partial charge in [-0.05, 0) is 49.7 Å². The Kier molecular flexibility index (Phi) is 5.21. The summed E-state index contributed by atoms with van der Waals surface area (Å²) in [6.07, 6.45) is -1.07. The molecule has 0 fully saturated rings. The van der Waals surface area contributed by atoms with Gasteiger partial charge in [0.1, 0.15) is 17.2 Å². The van der Waals surface area contributed by atoms with Gasteiger partial charge in [0.25, 0.3) is 5.91 Å². The number of nitrogens with one attached hydrogen (secondary N) is 1. The van der Waals surface area contributed by atoms with E-state index in [0.29, 0.717) is 22.1 Å². The lowest BCUT2D eigenvalue weighted by molar-refractivity contribution is -0.129. The Morgan fingerprint density at radius 2 is 1.78 bits per heavy atom. The molecule has 0 unspecified atom stereocenters. The van der Waals surface area contributed by atoms with Gasteiger partial charge in [-0.1, -0.05) is 12.1 Å². The highest BCUT2D eigenvalue weighted by Crippen LogP contribution is 2.26. The molecule has 3 aromatic rings. The number of esters is 1. The fraction of sp³-hybridized carbons (Fsp3) is 0.200. The van der Waals surface area contributed by atoms with Gasteiger partial charge >= 0.3 is 5.97 Å². The van der Waals surface area contributed by atoms with Crippen LogP contribution in [0.3, 0.4) is 0 Å². The summed E-state index contributed by atoms with van der Waals surface area (Å²) in [5, 5.41) is 3.07. The maximum Gasteiger partial charge on any atom is 0.375 e. The number of amides is 1. The Balaban J connectivity index is 1.63. The van der Waals surface area contributed by atoms with Crippen LogP contribution >= 0.6 is 0 Å². The van der Waals surface area contributed by atoms with Crippen LogP contribution in [0.15, 0.2) is 46.9 Å². The first-order valence-electron chi connectivity index (χ1n) is 8.27. The second-order valence-electron chi connectivity index (χ2n) is 6.09. The number of aryl methyl sites for hydroxylation is 1. The zero-order chi connectivity index (χ0) is 19.6. The monoisotopic (exact) mass is 373 g/mol. The summed E-state index contributed by atoms with van der Waals surface area (Å²) in [5.41, 5.74) is 1.50. The first-order chi connectivity index (χ1) is 12.8.